The van der Waals surface area contributed by atoms with Crippen molar-refractivity contribution in [2.24, 2.45) is 0 Å². The molecule has 0 aliphatic carbocycles. The molecule has 3 aromatic heterocycles. The summed E-state index contributed by atoms with van der Waals surface area (Å²) >= 11 is 2.74. The van der Waals surface area contributed by atoms with Crippen molar-refractivity contribution in [2.75, 3.05) is 6.61 Å². The fourth-order valence-electron chi connectivity index (χ4n) is 2.73. The molecular formula is C18H17F2N5O2S2. The Morgan fingerprint density at radius 2 is 1.97 bits per heavy atom. The number of aromatic nitrogens is 5. The van der Waals surface area contributed by atoms with Gasteiger partial charge in [-0.15, -0.1) is 22.7 Å². The SMILES string of the molecule is Cc1nc(COCC(C)(C)O)sc1-c1nc(-c2cc(F)c3n[nH]nc3c2F)cs1. The average molecular weight is 437 g/mol. The maximum Gasteiger partial charge on any atom is 0.162 e. The number of benzene rings is 1. The number of nitrogens with zero attached hydrogens (tertiary/aromatic N) is 4. The number of ether oxygens (including phenoxy) is 1. The highest BCUT2D eigenvalue weighted by Crippen LogP contribution is 2.36. The summed E-state index contributed by atoms with van der Waals surface area (Å²) in [5.74, 6) is -1.34. The van der Waals surface area contributed by atoms with Crippen LogP contribution in [0.1, 0.15) is 24.5 Å². The summed E-state index contributed by atoms with van der Waals surface area (Å²) in [5, 5.41) is 22.3. The Morgan fingerprint density at radius 3 is 2.72 bits per heavy atom. The smallest absolute Gasteiger partial charge is 0.162 e. The number of H-pyrrole nitrogens is 1. The quantitative estimate of drug-likeness (QED) is 0.472. The van der Waals surface area contributed by atoms with E-state index in [-0.39, 0.29) is 29.8 Å². The Balaban J connectivity index is 1.61. The van der Waals surface area contributed by atoms with Crippen molar-refractivity contribution in [3.63, 3.8) is 0 Å². The first-order valence-corrected chi connectivity index (χ1v) is 10.3. The molecule has 0 bridgehead atoms. The fraction of sp³-hybridized carbons (Fsp3) is 0.333. The Kier molecular flexibility index (Phi) is 5.15. The van der Waals surface area contributed by atoms with Crippen LogP contribution in [0.4, 0.5) is 8.78 Å². The van der Waals surface area contributed by atoms with Crippen molar-refractivity contribution in [2.45, 2.75) is 33.0 Å². The largest absolute Gasteiger partial charge is 0.388 e. The highest BCUT2D eigenvalue weighted by molar-refractivity contribution is 7.21. The lowest BCUT2D eigenvalue weighted by Crippen LogP contribution is -2.25. The second-order valence-electron chi connectivity index (χ2n) is 7.11. The van der Waals surface area contributed by atoms with Gasteiger partial charge in [0.25, 0.3) is 0 Å². The first-order valence-electron chi connectivity index (χ1n) is 8.64. The minimum atomic E-state index is -0.913. The molecule has 0 aliphatic rings. The Labute approximate surface area is 172 Å². The van der Waals surface area contributed by atoms with E-state index in [1.165, 1.54) is 22.7 Å². The lowest BCUT2D eigenvalue weighted by atomic mass is 10.1. The first kappa shape index (κ1) is 20.0. The number of hydrogen-bond acceptors (Lipinski definition) is 8. The van der Waals surface area contributed by atoms with Crippen molar-refractivity contribution >= 4 is 33.7 Å². The minimum absolute atomic E-state index is 0.0299. The Morgan fingerprint density at radius 1 is 1.21 bits per heavy atom. The predicted octanol–water partition coefficient (Wildman–Crippen LogP) is 4.08. The molecule has 29 heavy (non-hydrogen) atoms. The van der Waals surface area contributed by atoms with E-state index >= 15 is 0 Å². The van der Waals surface area contributed by atoms with Crippen LogP contribution in [0.25, 0.3) is 32.2 Å². The number of fused-ring (bicyclic) bond motifs is 1. The van der Waals surface area contributed by atoms with Crippen LogP contribution >= 0.6 is 22.7 Å². The molecule has 0 amide bonds. The Hall–Kier alpha value is -2.34. The zero-order valence-corrected chi connectivity index (χ0v) is 17.4. The zero-order chi connectivity index (χ0) is 20.8. The molecule has 7 nitrogen and oxygen atoms in total. The van der Waals surface area contributed by atoms with Crippen LogP contribution in [-0.4, -0.2) is 42.7 Å². The topological polar surface area (TPSA) is 96.8 Å². The zero-order valence-electron chi connectivity index (χ0n) is 15.8. The molecule has 0 unspecified atom stereocenters. The van der Waals surface area contributed by atoms with Gasteiger partial charge in [0.05, 0.1) is 35.1 Å². The summed E-state index contributed by atoms with van der Waals surface area (Å²) < 4.78 is 34.4. The van der Waals surface area contributed by atoms with Gasteiger partial charge in [0.15, 0.2) is 22.7 Å². The Bertz CT molecular complexity index is 1180. The molecule has 0 radical (unpaired) electrons. The van der Waals surface area contributed by atoms with Gasteiger partial charge in [-0.05, 0) is 26.8 Å². The number of halogens is 2. The summed E-state index contributed by atoms with van der Waals surface area (Å²) in [6.07, 6.45) is 0. The van der Waals surface area contributed by atoms with Gasteiger partial charge in [-0.3, -0.25) is 0 Å². The van der Waals surface area contributed by atoms with Crippen LogP contribution in [0, 0.1) is 18.6 Å². The molecule has 0 fully saturated rings. The maximum atomic E-state index is 14.7. The summed E-state index contributed by atoms with van der Waals surface area (Å²) in [6, 6.07) is 1.08. The predicted molar refractivity (Wildman–Crippen MR) is 107 cm³/mol. The molecular weight excluding hydrogens is 420 g/mol. The van der Waals surface area contributed by atoms with Crippen molar-refractivity contribution in [3.05, 3.63) is 33.8 Å². The summed E-state index contributed by atoms with van der Waals surface area (Å²) in [5.41, 5.74) is -0.0908. The maximum absolute atomic E-state index is 14.7. The molecule has 0 saturated heterocycles. The van der Waals surface area contributed by atoms with Gasteiger partial charge in [-0.25, -0.2) is 18.7 Å². The van der Waals surface area contributed by atoms with Crippen LogP contribution in [0.2, 0.25) is 0 Å². The van der Waals surface area contributed by atoms with E-state index in [0.29, 0.717) is 10.7 Å². The third-order valence-corrected chi connectivity index (χ3v) is 6.11. The summed E-state index contributed by atoms with van der Waals surface area (Å²) in [6.45, 7) is 5.66. The molecule has 152 valence electrons. The van der Waals surface area contributed by atoms with E-state index in [1.807, 2.05) is 6.92 Å². The number of aryl methyl sites for hydroxylation is 1. The molecule has 4 aromatic rings. The van der Waals surface area contributed by atoms with Crippen molar-refractivity contribution < 1.29 is 18.6 Å². The van der Waals surface area contributed by atoms with Gasteiger partial charge in [0.1, 0.15) is 10.0 Å². The number of hydrogen-bond donors (Lipinski definition) is 2. The van der Waals surface area contributed by atoms with Gasteiger partial charge in [-0.2, -0.15) is 15.4 Å². The molecule has 1 aromatic carbocycles. The second kappa shape index (κ2) is 7.48. The van der Waals surface area contributed by atoms with E-state index in [1.54, 1.807) is 19.2 Å². The van der Waals surface area contributed by atoms with E-state index < -0.39 is 17.2 Å². The second-order valence-corrected chi connectivity index (χ2v) is 9.05. The molecule has 0 spiro atoms. The van der Waals surface area contributed by atoms with Gasteiger partial charge in [-0.1, -0.05) is 0 Å². The fourth-order valence-corrected chi connectivity index (χ4v) is 4.69. The molecule has 3 heterocycles. The van der Waals surface area contributed by atoms with E-state index in [9.17, 15) is 13.9 Å². The summed E-state index contributed by atoms with van der Waals surface area (Å²) in [7, 11) is 0. The number of rotatable bonds is 6. The van der Waals surface area contributed by atoms with Crippen LogP contribution in [0.15, 0.2) is 11.4 Å². The third kappa shape index (κ3) is 4.04. The molecule has 11 heteroatoms. The summed E-state index contributed by atoms with van der Waals surface area (Å²) in [4.78, 5) is 9.80. The van der Waals surface area contributed by atoms with Crippen molar-refractivity contribution in [1.29, 1.82) is 0 Å². The lowest BCUT2D eigenvalue weighted by Gasteiger charge is -2.16. The van der Waals surface area contributed by atoms with Gasteiger partial charge < -0.3 is 9.84 Å². The average Bonchev–Trinajstić information content (AvgIpc) is 3.36. The minimum Gasteiger partial charge on any atom is -0.388 e. The van der Waals surface area contributed by atoms with Crippen LogP contribution < -0.4 is 0 Å². The number of thiazole rings is 2. The standard InChI is InChI=1S/C18H17F2N5O2S2/c1-8-16(29-12(21-8)5-27-7-18(2,3)26)17-22-11(6-28-17)9-4-10(19)14-15(13(9)20)24-25-23-14/h4,6,26H,5,7H2,1-3H3,(H,23,24,25). The van der Waals surface area contributed by atoms with Gasteiger partial charge in [0, 0.05) is 10.9 Å². The van der Waals surface area contributed by atoms with E-state index in [0.717, 1.165) is 21.6 Å². The van der Waals surface area contributed by atoms with Crippen LogP contribution in [-0.2, 0) is 11.3 Å². The normalized spacial score (nSPS) is 12.2. The first-order chi connectivity index (χ1) is 13.7. The lowest BCUT2D eigenvalue weighted by molar-refractivity contribution is -0.0269. The van der Waals surface area contributed by atoms with Crippen molar-refractivity contribution in [1.82, 2.24) is 25.4 Å². The molecule has 0 atom stereocenters. The van der Waals surface area contributed by atoms with Crippen molar-refractivity contribution in [3.8, 4) is 21.1 Å². The highest BCUT2D eigenvalue weighted by atomic mass is 32.1. The van der Waals surface area contributed by atoms with E-state index in [4.69, 9.17) is 4.74 Å². The highest BCUT2D eigenvalue weighted by Gasteiger charge is 2.21. The third-order valence-electron chi connectivity index (χ3n) is 3.99. The monoisotopic (exact) mass is 437 g/mol. The number of nitrogens with one attached hydrogen (secondary N) is 1. The number of aliphatic hydroxyl groups is 1. The van der Waals surface area contributed by atoms with Gasteiger partial charge in [0.2, 0.25) is 0 Å². The van der Waals surface area contributed by atoms with Gasteiger partial charge >= 0.3 is 0 Å². The molecule has 4 rings (SSSR count). The molecule has 0 aliphatic heterocycles. The molecule has 2 N–H and O–H groups in total. The van der Waals surface area contributed by atoms with E-state index in [2.05, 4.69) is 25.4 Å². The van der Waals surface area contributed by atoms with Crippen LogP contribution in [0.3, 0.4) is 0 Å². The van der Waals surface area contributed by atoms with Crippen LogP contribution in [0.5, 0.6) is 0 Å². The number of aromatic amines is 1. The molecule has 0 saturated carbocycles.